The van der Waals surface area contributed by atoms with Crippen LogP contribution in [0.25, 0.3) is 0 Å². The second-order valence-electron chi connectivity index (χ2n) is 4.79. The monoisotopic (exact) mass is 289 g/mol. The number of nitrogens with one attached hydrogen (secondary N) is 2. The summed E-state index contributed by atoms with van der Waals surface area (Å²) in [6.45, 7) is 2.17. The van der Waals surface area contributed by atoms with Crippen LogP contribution in [0.3, 0.4) is 0 Å². The fourth-order valence-corrected chi connectivity index (χ4v) is 1.84. The van der Waals surface area contributed by atoms with Crippen LogP contribution >= 0.6 is 0 Å². The molecule has 0 spiro atoms. The summed E-state index contributed by atoms with van der Waals surface area (Å²) in [4.78, 5) is 11.7. The van der Waals surface area contributed by atoms with Gasteiger partial charge in [0.2, 0.25) is 0 Å². The number of rotatable bonds is 5. The van der Waals surface area contributed by atoms with E-state index >= 15 is 0 Å². The minimum atomic E-state index is -0.515. The third-order valence-electron chi connectivity index (χ3n) is 3.09. The molecule has 1 atom stereocenters. The SMILES string of the molecule is CC(O)c1ccc(NC(=O)NCCc2nncn2C)cc1. The Kier molecular flexibility index (Phi) is 4.89. The molecule has 1 aromatic heterocycles. The molecule has 0 aliphatic heterocycles. The van der Waals surface area contributed by atoms with Gasteiger partial charge in [0.25, 0.3) is 0 Å². The van der Waals surface area contributed by atoms with E-state index in [2.05, 4.69) is 20.8 Å². The van der Waals surface area contributed by atoms with Crippen LogP contribution in [0.15, 0.2) is 30.6 Å². The zero-order chi connectivity index (χ0) is 15.2. The smallest absolute Gasteiger partial charge is 0.319 e. The lowest BCUT2D eigenvalue weighted by atomic mass is 10.1. The Morgan fingerprint density at radius 3 is 2.67 bits per heavy atom. The molecule has 7 nitrogen and oxygen atoms in total. The molecule has 0 radical (unpaired) electrons. The van der Waals surface area contributed by atoms with E-state index in [1.165, 1.54) is 0 Å². The minimum absolute atomic E-state index is 0.276. The molecule has 3 N–H and O–H groups in total. The molecule has 0 aliphatic carbocycles. The molecular weight excluding hydrogens is 270 g/mol. The lowest BCUT2D eigenvalue weighted by Crippen LogP contribution is -2.30. The average Bonchev–Trinajstić information content (AvgIpc) is 2.85. The largest absolute Gasteiger partial charge is 0.389 e. The molecule has 112 valence electrons. The van der Waals surface area contributed by atoms with E-state index in [9.17, 15) is 9.90 Å². The summed E-state index contributed by atoms with van der Waals surface area (Å²) in [6.07, 6.45) is 1.73. The second-order valence-corrected chi connectivity index (χ2v) is 4.79. The van der Waals surface area contributed by atoms with E-state index in [1.807, 2.05) is 11.6 Å². The highest BCUT2D eigenvalue weighted by Crippen LogP contribution is 2.15. The fraction of sp³-hybridized carbons (Fsp3) is 0.357. The van der Waals surface area contributed by atoms with Crippen LogP contribution in [-0.2, 0) is 13.5 Å². The first-order chi connectivity index (χ1) is 10.1. The van der Waals surface area contributed by atoms with Crippen molar-refractivity contribution >= 4 is 11.7 Å². The summed E-state index contributed by atoms with van der Waals surface area (Å²) in [5.41, 5.74) is 1.48. The zero-order valence-electron chi connectivity index (χ0n) is 12.1. The second kappa shape index (κ2) is 6.85. The Balaban J connectivity index is 1.78. The predicted molar refractivity (Wildman–Crippen MR) is 78.8 cm³/mol. The molecule has 0 fully saturated rings. The maximum atomic E-state index is 11.7. The number of benzene rings is 1. The van der Waals surface area contributed by atoms with Crippen LogP contribution in [0.2, 0.25) is 0 Å². The third kappa shape index (κ3) is 4.28. The highest BCUT2D eigenvalue weighted by molar-refractivity contribution is 5.89. The van der Waals surface area contributed by atoms with Crippen molar-refractivity contribution in [2.24, 2.45) is 7.05 Å². The van der Waals surface area contributed by atoms with E-state index in [1.54, 1.807) is 37.5 Å². The first kappa shape index (κ1) is 15.0. The number of anilines is 1. The predicted octanol–water partition coefficient (Wildman–Crippen LogP) is 1.23. The van der Waals surface area contributed by atoms with Gasteiger partial charge in [-0.25, -0.2) is 4.79 Å². The Hall–Kier alpha value is -2.41. The zero-order valence-corrected chi connectivity index (χ0v) is 12.1. The van der Waals surface area contributed by atoms with Crippen molar-refractivity contribution in [2.45, 2.75) is 19.4 Å². The van der Waals surface area contributed by atoms with Crippen LogP contribution in [0.4, 0.5) is 10.5 Å². The molecule has 2 rings (SSSR count). The van der Waals surface area contributed by atoms with E-state index in [0.717, 1.165) is 11.4 Å². The van der Waals surface area contributed by atoms with Gasteiger partial charge in [0.1, 0.15) is 12.2 Å². The normalized spacial score (nSPS) is 12.0. The van der Waals surface area contributed by atoms with E-state index in [4.69, 9.17) is 0 Å². The standard InChI is InChI=1S/C14H19N5O2/c1-10(20)11-3-5-12(6-4-11)17-14(21)15-8-7-13-18-16-9-19(13)2/h3-6,9-10,20H,7-8H2,1-2H3,(H2,15,17,21). The number of aliphatic hydroxyl groups is 1. The molecule has 1 aromatic carbocycles. The number of amides is 2. The summed E-state index contributed by atoms with van der Waals surface area (Å²) >= 11 is 0. The van der Waals surface area contributed by atoms with Gasteiger partial charge in [-0.1, -0.05) is 12.1 Å². The van der Waals surface area contributed by atoms with E-state index in [-0.39, 0.29) is 6.03 Å². The number of hydrogen-bond acceptors (Lipinski definition) is 4. The van der Waals surface area contributed by atoms with Crippen molar-refractivity contribution in [3.8, 4) is 0 Å². The highest BCUT2D eigenvalue weighted by Gasteiger charge is 2.05. The number of hydrogen-bond donors (Lipinski definition) is 3. The number of urea groups is 1. The van der Waals surface area contributed by atoms with Gasteiger partial charge in [0, 0.05) is 25.7 Å². The number of aryl methyl sites for hydroxylation is 1. The molecule has 21 heavy (non-hydrogen) atoms. The Morgan fingerprint density at radius 1 is 1.38 bits per heavy atom. The van der Waals surface area contributed by atoms with E-state index in [0.29, 0.717) is 18.7 Å². The van der Waals surface area contributed by atoms with E-state index < -0.39 is 6.10 Å². The topological polar surface area (TPSA) is 92.1 Å². The van der Waals surface area contributed by atoms with Crippen LogP contribution < -0.4 is 10.6 Å². The Morgan fingerprint density at radius 2 is 2.10 bits per heavy atom. The van der Waals surface area contributed by atoms with Crippen LogP contribution in [0, 0.1) is 0 Å². The molecule has 7 heteroatoms. The fourth-order valence-electron chi connectivity index (χ4n) is 1.84. The molecule has 2 amide bonds. The molecule has 2 aromatic rings. The first-order valence-corrected chi connectivity index (χ1v) is 6.72. The number of carbonyl (C=O) groups excluding carboxylic acids is 1. The Bertz CT molecular complexity index is 592. The molecular formula is C14H19N5O2. The number of nitrogens with zero attached hydrogens (tertiary/aromatic N) is 3. The third-order valence-corrected chi connectivity index (χ3v) is 3.09. The van der Waals surface area contributed by atoms with Crippen molar-refractivity contribution in [2.75, 3.05) is 11.9 Å². The molecule has 0 saturated heterocycles. The maximum absolute atomic E-state index is 11.7. The van der Waals surface area contributed by atoms with Crippen molar-refractivity contribution < 1.29 is 9.90 Å². The number of aliphatic hydroxyl groups excluding tert-OH is 1. The van der Waals surface area contributed by atoms with Crippen molar-refractivity contribution in [3.05, 3.63) is 42.0 Å². The minimum Gasteiger partial charge on any atom is -0.389 e. The number of aromatic nitrogens is 3. The lowest BCUT2D eigenvalue weighted by molar-refractivity contribution is 0.199. The highest BCUT2D eigenvalue weighted by atomic mass is 16.3. The Labute approximate surface area is 123 Å². The van der Waals surface area contributed by atoms with Crippen molar-refractivity contribution in [1.29, 1.82) is 0 Å². The summed E-state index contributed by atoms with van der Waals surface area (Å²) in [7, 11) is 1.86. The van der Waals surface area contributed by atoms with Gasteiger partial charge >= 0.3 is 6.03 Å². The van der Waals surface area contributed by atoms with Crippen LogP contribution in [0.1, 0.15) is 24.4 Å². The summed E-state index contributed by atoms with van der Waals surface area (Å²) in [5, 5.41) is 22.6. The summed E-state index contributed by atoms with van der Waals surface area (Å²) in [5.74, 6) is 0.816. The quantitative estimate of drug-likeness (QED) is 0.772. The van der Waals surface area contributed by atoms with Gasteiger partial charge in [-0.3, -0.25) is 0 Å². The van der Waals surface area contributed by atoms with Gasteiger partial charge in [0.15, 0.2) is 0 Å². The van der Waals surface area contributed by atoms with Crippen molar-refractivity contribution in [3.63, 3.8) is 0 Å². The first-order valence-electron chi connectivity index (χ1n) is 6.72. The summed E-state index contributed by atoms with van der Waals surface area (Å²) in [6, 6.07) is 6.79. The molecule has 0 aliphatic rings. The van der Waals surface area contributed by atoms with Crippen LogP contribution in [0.5, 0.6) is 0 Å². The van der Waals surface area contributed by atoms with Crippen LogP contribution in [-0.4, -0.2) is 32.4 Å². The van der Waals surface area contributed by atoms with Gasteiger partial charge in [-0.05, 0) is 24.6 Å². The molecule has 1 heterocycles. The number of carbonyl (C=O) groups is 1. The molecule has 1 unspecified atom stereocenters. The van der Waals surface area contributed by atoms with Crippen molar-refractivity contribution in [1.82, 2.24) is 20.1 Å². The summed E-state index contributed by atoms with van der Waals surface area (Å²) < 4.78 is 1.81. The average molecular weight is 289 g/mol. The van der Waals surface area contributed by atoms with Gasteiger partial charge < -0.3 is 20.3 Å². The van der Waals surface area contributed by atoms with Gasteiger partial charge in [-0.15, -0.1) is 10.2 Å². The van der Waals surface area contributed by atoms with Gasteiger partial charge in [-0.2, -0.15) is 0 Å². The lowest BCUT2D eigenvalue weighted by Gasteiger charge is -2.09. The van der Waals surface area contributed by atoms with Gasteiger partial charge in [0.05, 0.1) is 6.10 Å². The maximum Gasteiger partial charge on any atom is 0.319 e. The molecule has 0 saturated carbocycles. The molecule has 0 bridgehead atoms.